The summed E-state index contributed by atoms with van der Waals surface area (Å²) < 4.78 is 0.957. The Morgan fingerprint density at radius 2 is 2.00 bits per heavy atom. The van der Waals surface area contributed by atoms with Crippen LogP contribution in [-0.4, -0.2) is 31.7 Å². The molecular formula is C9H18N+. The van der Waals surface area contributed by atoms with Crippen LogP contribution in [0.5, 0.6) is 0 Å². The maximum absolute atomic E-state index is 3.87. The van der Waals surface area contributed by atoms with Crippen molar-refractivity contribution >= 4 is 0 Å². The highest BCUT2D eigenvalue weighted by Gasteiger charge is 2.11. The maximum atomic E-state index is 3.87. The van der Waals surface area contributed by atoms with Gasteiger partial charge >= 0.3 is 0 Å². The van der Waals surface area contributed by atoms with Crippen LogP contribution < -0.4 is 0 Å². The van der Waals surface area contributed by atoms with Crippen LogP contribution in [0.2, 0.25) is 0 Å². The van der Waals surface area contributed by atoms with Crippen molar-refractivity contribution in [2.75, 3.05) is 27.2 Å². The summed E-state index contributed by atoms with van der Waals surface area (Å²) in [6.45, 7) is 11.7. The molecule has 0 rings (SSSR count). The maximum Gasteiger partial charge on any atom is 0.0996 e. The molecule has 0 heterocycles. The largest absolute Gasteiger partial charge is 0.322 e. The Morgan fingerprint density at radius 1 is 1.50 bits per heavy atom. The van der Waals surface area contributed by atoms with Crippen molar-refractivity contribution in [3.8, 4) is 0 Å². The summed E-state index contributed by atoms with van der Waals surface area (Å²) in [5, 5.41) is 0. The van der Waals surface area contributed by atoms with Gasteiger partial charge in [0.25, 0.3) is 0 Å². The van der Waals surface area contributed by atoms with Crippen molar-refractivity contribution in [3.63, 3.8) is 0 Å². The van der Waals surface area contributed by atoms with Gasteiger partial charge in [0.2, 0.25) is 0 Å². The third-order valence-corrected chi connectivity index (χ3v) is 1.32. The molecule has 1 heteroatoms. The molecule has 0 aromatic heterocycles. The molecule has 1 nitrogen and oxygen atoms in total. The van der Waals surface area contributed by atoms with Crippen molar-refractivity contribution in [3.05, 3.63) is 24.8 Å². The number of hydrogen-bond acceptors (Lipinski definition) is 0. The van der Waals surface area contributed by atoms with E-state index in [-0.39, 0.29) is 0 Å². The molecule has 0 saturated heterocycles. The first-order chi connectivity index (χ1) is 4.48. The van der Waals surface area contributed by atoms with E-state index >= 15 is 0 Å². The highest BCUT2D eigenvalue weighted by molar-refractivity contribution is 4.88. The van der Waals surface area contributed by atoms with Crippen LogP contribution in [0.1, 0.15) is 6.92 Å². The number of likely N-dealkylation sites (N-methyl/N-ethyl adjacent to an activating group) is 1. The van der Waals surface area contributed by atoms with E-state index in [0.717, 1.165) is 17.6 Å². The predicted molar refractivity (Wildman–Crippen MR) is 46.9 cm³/mol. The van der Waals surface area contributed by atoms with Gasteiger partial charge < -0.3 is 4.48 Å². The van der Waals surface area contributed by atoms with Crippen molar-refractivity contribution in [1.82, 2.24) is 0 Å². The van der Waals surface area contributed by atoms with Crippen molar-refractivity contribution in [1.29, 1.82) is 0 Å². The lowest BCUT2D eigenvalue weighted by atomic mass is 10.3. The molecule has 0 aromatic rings. The van der Waals surface area contributed by atoms with E-state index in [1.807, 2.05) is 6.08 Å². The van der Waals surface area contributed by atoms with E-state index in [2.05, 4.69) is 34.2 Å². The number of rotatable bonds is 4. The first-order valence-corrected chi connectivity index (χ1v) is 3.55. The van der Waals surface area contributed by atoms with Crippen LogP contribution in [0.25, 0.3) is 0 Å². The van der Waals surface area contributed by atoms with Crippen LogP contribution in [-0.2, 0) is 0 Å². The molecule has 0 radical (unpaired) electrons. The molecule has 0 spiro atoms. The number of hydrogen-bond donors (Lipinski definition) is 0. The summed E-state index contributed by atoms with van der Waals surface area (Å²) in [6, 6.07) is 0. The van der Waals surface area contributed by atoms with Gasteiger partial charge in [-0.3, -0.25) is 0 Å². The molecule has 0 bridgehead atoms. The number of quaternary nitrogens is 1. The van der Waals surface area contributed by atoms with Crippen LogP contribution in [0.4, 0.5) is 0 Å². The standard InChI is InChI=1S/C9H18N/c1-6-7-10(4,5)8-9(2)3/h6H,1-2,7-8H2,3-5H3/q+1. The quantitative estimate of drug-likeness (QED) is 0.413. The van der Waals surface area contributed by atoms with Crippen molar-refractivity contribution in [2.24, 2.45) is 0 Å². The number of nitrogens with zero attached hydrogens (tertiary/aromatic N) is 1. The zero-order valence-electron chi connectivity index (χ0n) is 7.35. The van der Waals surface area contributed by atoms with Gasteiger partial charge in [0.05, 0.1) is 27.2 Å². The van der Waals surface area contributed by atoms with Crippen LogP contribution in [0, 0.1) is 0 Å². The third-order valence-electron chi connectivity index (χ3n) is 1.32. The van der Waals surface area contributed by atoms with Gasteiger partial charge in [0.15, 0.2) is 0 Å². The molecule has 0 fully saturated rings. The lowest BCUT2D eigenvalue weighted by Crippen LogP contribution is -2.40. The van der Waals surface area contributed by atoms with Gasteiger partial charge in [-0.1, -0.05) is 13.2 Å². The monoisotopic (exact) mass is 140 g/mol. The first-order valence-electron chi connectivity index (χ1n) is 3.55. The van der Waals surface area contributed by atoms with Gasteiger partial charge in [0.1, 0.15) is 0 Å². The molecule has 0 atom stereocenters. The van der Waals surface area contributed by atoms with Crippen molar-refractivity contribution in [2.45, 2.75) is 6.92 Å². The summed E-state index contributed by atoms with van der Waals surface area (Å²) in [5.41, 5.74) is 1.23. The van der Waals surface area contributed by atoms with E-state index < -0.39 is 0 Å². The molecule has 58 valence electrons. The lowest BCUT2D eigenvalue weighted by Gasteiger charge is -2.28. The summed E-state index contributed by atoms with van der Waals surface area (Å²) >= 11 is 0. The lowest BCUT2D eigenvalue weighted by molar-refractivity contribution is -0.879. The Hall–Kier alpha value is -0.560. The average Bonchev–Trinajstić information content (AvgIpc) is 1.59. The Kier molecular flexibility index (Phi) is 3.37. The Morgan fingerprint density at radius 3 is 2.30 bits per heavy atom. The second kappa shape index (κ2) is 3.57. The van der Waals surface area contributed by atoms with E-state index in [1.165, 1.54) is 5.57 Å². The van der Waals surface area contributed by atoms with Gasteiger partial charge in [-0.15, -0.1) is 0 Å². The zero-order valence-corrected chi connectivity index (χ0v) is 7.35. The van der Waals surface area contributed by atoms with Gasteiger partial charge in [-0.25, -0.2) is 0 Å². The summed E-state index contributed by atoms with van der Waals surface area (Å²) in [6.07, 6.45) is 1.95. The third kappa shape index (κ3) is 4.33. The fourth-order valence-electron chi connectivity index (χ4n) is 1.14. The van der Waals surface area contributed by atoms with E-state index in [9.17, 15) is 0 Å². The second-order valence-electron chi connectivity index (χ2n) is 3.52. The predicted octanol–water partition coefficient (Wildman–Crippen LogP) is 1.82. The minimum atomic E-state index is 0.957. The highest BCUT2D eigenvalue weighted by Crippen LogP contribution is 2.01. The molecule has 0 aliphatic carbocycles. The Bertz CT molecular complexity index is 134. The van der Waals surface area contributed by atoms with Gasteiger partial charge in [-0.2, -0.15) is 0 Å². The Balaban J connectivity index is 3.85. The normalized spacial score (nSPS) is 11.1. The molecule has 0 aliphatic heterocycles. The van der Waals surface area contributed by atoms with Gasteiger partial charge in [-0.05, 0) is 18.6 Å². The fraction of sp³-hybridized carbons (Fsp3) is 0.556. The molecule has 10 heavy (non-hydrogen) atoms. The Labute approximate surface area is 64.2 Å². The van der Waals surface area contributed by atoms with Crippen LogP contribution in [0.15, 0.2) is 24.8 Å². The van der Waals surface area contributed by atoms with E-state index in [4.69, 9.17) is 0 Å². The van der Waals surface area contributed by atoms with E-state index in [0.29, 0.717) is 0 Å². The molecule has 0 saturated carbocycles. The molecule has 0 amide bonds. The zero-order chi connectivity index (χ0) is 8.20. The first kappa shape index (κ1) is 9.44. The van der Waals surface area contributed by atoms with Crippen molar-refractivity contribution < 1.29 is 4.48 Å². The van der Waals surface area contributed by atoms with Crippen LogP contribution >= 0.6 is 0 Å². The minimum absolute atomic E-state index is 0.957. The molecule has 0 N–H and O–H groups in total. The molecular weight excluding hydrogens is 122 g/mol. The smallest absolute Gasteiger partial charge is 0.0996 e. The van der Waals surface area contributed by atoms with Gasteiger partial charge in [0, 0.05) is 0 Å². The molecule has 0 aromatic carbocycles. The summed E-state index contributed by atoms with van der Waals surface area (Å²) in [4.78, 5) is 0. The second-order valence-corrected chi connectivity index (χ2v) is 3.52. The fourth-order valence-corrected chi connectivity index (χ4v) is 1.14. The molecule has 0 aliphatic rings. The minimum Gasteiger partial charge on any atom is -0.322 e. The highest BCUT2D eigenvalue weighted by atomic mass is 15.3. The van der Waals surface area contributed by atoms with E-state index in [1.54, 1.807) is 0 Å². The summed E-state index contributed by atoms with van der Waals surface area (Å²) in [5.74, 6) is 0. The summed E-state index contributed by atoms with van der Waals surface area (Å²) in [7, 11) is 4.35. The average molecular weight is 140 g/mol. The SMILES string of the molecule is C=CC[N+](C)(C)CC(=C)C. The van der Waals surface area contributed by atoms with Crippen LogP contribution in [0.3, 0.4) is 0 Å². The topological polar surface area (TPSA) is 0 Å². The molecule has 0 unspecified atom stereocenters.